The van der Waals surface area contributed by atoms with Gasteiger partial charge in [0.1, 0.15) is 0 Å². The zero-order valence-electron chi connectivity index (χ0n) is 8.43. The molecule has 15 heavy (non-hydrogen) atoms. The Balaban J connectivity index is 2.58. The zero-order valence-corrected chi connectivity index (χ0v) is 8.43. The van der Waals surface area contributed by atoms with Crippen molar-refractivity contribution in [3.8, 4) is 0 Å². The van der Waals surface area contributed by atoms with Gasteiger partial charge in [-0.2, -0.15) is 0 Å². The van der Waals surface area contributed by atoms with E-state index in [9.17, 15) is 4.79 Å². The number of nitrogens with zero attached hydrogens (tertiary/aromatic N) is 2. The van der Waals surface area contributed by atoms with Crippen LogP contribution in [-0.4, -0.2) is 34.0 Å². The molecule has 0 bridgehead atoms. The van der Waals surface area contributed by atoms with Crippen LogP contribution < -0.4 is 11.1 Å². The summed E-state index contributed by atoms with van der Waals surface area (Å²) in [5.41, 5.74) is 5.33. The van der Waals surface area contributed by atoms with Crippen LogP contribution >= 0.6 is 0 Å². The van der Waals surface area contributed by atoms with Gasteiger partial charge in [0.15, 0.2) is 0 Å². The summed E-state index contributed by atoms with van der Waals surface area (Å²) >= 11 is 0. The number of hydrogen-bond donors (Lipinski definition) is 3. The lowest BCUT2D eigenvalue weighted by Gasteiger charge is -2.14. The first-order valence-corrected chi connectivity index (χ1v) is 4.68. The van der Waals surface area contributed by atoms with E-state index in [0.29, 0.717) is 6.42 Å². The molecule has 0 saturated heterocycles. The van der Waals surface area contributed by atoms with E-state index in [1.165, 1.54) is 0 Å². The molecule has 1 atom stereocenters. The molecule has 7 nitrogen and oxygen atoms in total. The third-order valence-electron chi connectivity index (χ3n) is 2.03. The number of rotatable bonds is 5. The average molecular weight is 214 g/mol. The smallest absolute Gasteiger partial charge is 0.277 e. The molecule has 1 aromatic rings. The maximum Gasteiger partial charge on any atom is 0.277 e. The highest BCUT2D eigenvalue weighted by atomic mass is 16.6. The standard InChI is InChI=1S/C8H14N4O3/c1-2-5(3-4-13)10-8(14)6-7(9)12-15-11-6/h5,13H,2-4H2,1H3,(H2,9,12)(H,10,14). The highest BCUT2D eigenvalue weighted by Gasteiger charge is 2.18. The molecule has 0 aliphatic rings. The number of nitrogens with one attached hydrogen (secondary N) is 1. The molecule has 0 aliphatic carbocycles. The molecule has 1 rings (SSSR count). The topological polar surface area (TPSA) is 114 Å². The minimum Gasteiger partial charge on any atom is -0.396 e. The molecule has 4 N–H and O–H groups in total. The SMILES string of the molecule is CCC(CCO)NC(=O)c1nonc1N. The van der Waals surface area contributed by atoms with Gasteiger partial charge in [-0.15, -0.1) is 0 Å². The molecule has 0 fully saturated rings. The second-order valence-corrected chi connectivity index (χ2v) is 3.09. The first-order chi connectivity index (χ1) is 7.19. The molecular weight excluding hydrogens is 200 g/mol. The van der Waals surface area contributed by atoms with E-state index >= 15 is 0 Å². The number of aromatic nitrogens is 2. The van der Waals surface area contributed by atoms with E-state index < -0.39 is 5.91 Å². The summed E-state index contributed by atoms with van der Waals surface area (Å²) in [6, 6.07) is -0.0985. The van der Waals surface area contributed by atoms with Gasteiger partial charge in [-0.3, -0.25) is 4.79 Å². The van der Waals surface area contributed by atoms with Crippen LogP contribution in [0.3, 0.4) is 0 Å². The van der Waals surface area contributed by atoms with E-state index in [1.807, 2.05) is 6.92 Å². The van der Waals surface area contributed by atoms with Crippen LogP contribution in [-0.2, 0) is 0 Å². The van der Waals surface area contributed by atoms with Crippen molar-refractivity contribution in [3.05, 3.63) is 5.69 Å². The summed E-state index contributed by atoms with van der Waals surface area (Å²) < 4.78 is 4.31. The lowest BCUT2D eigenvalue weighted by Crippen LogP contribution is -2.35. The van der Waals surface area contributed by atoms with Crippen LogP contribution in [0.5, 0.6) is 0 Å². The minimum absolute atomic E-state index is 0.0192. The van der Waals surface area contributed by atoms with Gasteiger partial charge in [0.05, 0.1) is 0 Å². The van der Waals surface area contributed by atoms with Crippen LogP contribution in [0.2, 0.25) is 0 Å². The average Bonchev–Trinajstić information content (AvgIpc) is 2.63. The quantitative estimate of drug-likeness (QED) is 0.611. The Morgan fingerprint density at radius 3 is 2.87 bits per heavy atom. The van der Waals surface area contributed by atoms with Crippen LogP contribution in [0, 0.1) is 0 Å². The van der Waals surface area contributed by atoms with Crippen molar-refractivity contribution in [2.24, 2.45) is 0 Å². The Morgan fingerprint density at radius 1 is 1.67 bits per heavy atom. The number of aliphatic hydroxyl groups is 1. The molecule has 1 heterocycles. The second kappa shape index (κ2) is 5.30. The Morgan fingerprint density at radius 2 is 2.40 bits per heavy atom. The number of aliphatic hydroxyl groups excluding tert-OH is 1. The molecule has 0 radical (unpaired) electrons. The van der Waals surface area contributed by atoms with E-state index in [0.717, 1.165) is 6.42 Å². The van der Waals surface area contributed by atoms with Gasteiger partial charge in [0, 0.05) is 12.6 Å². The van der Waals surface area contributed by atoms with Gasteiger partial charge in [-0.1, -0.05) is 6.92 Å². The molecule has 1 amide bonds. The van der Waals surface area contributed by atoms with Gasteiger partial charge >= 0.3 is 0 Å². The summed E-state index contributed by atoms with van der Waals surface area (Å²) in [4.78, 5) is 11.5. The van der Waals surface area contributed by atoms with Crippen molar-refractivity contribution >= 4 is 11.7 Å². The summed E-state index contributed by atoms with van der Waals surface area (Å²) in [6.45, 7) is 1.93. The highest BCUT2D eigenvalue weighted by molar-refractivity contribution is 5.96. The lowest BCUT2D eigenvalue weighted by molar-refractivity contribution is 0.0920. The van der Waals surface area contributed by atoms with Crippen LogP contribution in [0.25, 0.3) is 0 Å². The predicted molar refractivity (Wildman–Crippen MR) is 52.0 cm³/mol. The first-order valence-electron chi connectivity index (χ1n) is 4.68. The number of hydrogen-bond acceptors (Lipinski definition) is 6. The van der Waals surface area contributed by atoms with E-state index in [2.05, 4.69) is 20.3 Å². The van der Waals surface area contributed by atoms with Crippen LogP contribution in [0.1, 0.15) is 30.3 Å². The lowest BCUT2D eigenvalue weighted by atomic mass is 10.1. The summed E-state index contributed by atoms with van der Waals surface area (Å²) in [6.07, 6.45) is 1.21. The van der Waals surface area contributed by atoms with E-state index in [1.54, 1.807) is 0 Å². The predicted octanol–water partition coefficient (Wildman–Crippen LogP) is -0.457. The first kappa shape index (κ1) is 11.4. The Labute approximate surface area is 86.6 Å². The monoisotopic (exact) mass is 214 g/mol. The maximum absolute atomic E-state index is 11.5. The summed E-state index contributed by atoms with van der Waals surface area (Å²) in [5, 5.41) is 18.1. The number of nitrogens with two attached hydrogens (primary N) is 1. The number of nitrogen functional groups attached to an aromatic ring is 1. The minimum atomic E-state index is -0.436. The normalized spacial score (nSPS) is 12.4. The largest absolute Gasteiger partial charge is 0.396 e. The number of anilines is 1. The van der Waals surface area contributed by atoms with Crippen molar-refractivity contribution in [3.63, 3.8) is 0 Å². The molecule has 1 unspecified atom stereocenters. The maximum atomic E-state index is 11.5. The zero-order chi connectivity index (χ0) is 11.3. The fraction of sp³-hybridized carbons (Fsp3) is 0.625. The van der Waals surface area contributed by atoms with Crippen LogP contribution in [0.15, 0.2) is 4.63 Å². The number of carbonyl (C=O) groups excluding carboxylic acids is 1. The molecule has 7 heteroatoms. The molecule has 84 valence electrons. The molecule has 0 saturated carbocycles. The fourth-order valence-electron chi connectivity index (χ4n) is 1.14. The van der Waals surface area contributed by atoms with Gasteiger partial charge in [-0.25, -0.2) is 4.63 Å². The Bertz CT molecular complexity index is 325. The number of carbonyl (C=O) groups is 1. The summed E-state index contributed by atoms with van der Waals surface area (Å²) in [5.74, 6) is -0.472. The van der Waals surface area contributed by atoms with Gasteiger partial charge in [0.2, 0.25) is 11.5 Å². The molecule has 0 aromatic carbocycles. The molecule has 0 aliphatic heterocycles. The van der Waals surface area contributed by atoms with Gasteiger partial charge < -0.3 is 16.2 Å². The van der Waals surface area contributed by atoms with Gasteiger partial charge in [-0.05, 0) is 23.2 Å². The van der Waals surface area contributed by atoms with Crippen LogP contribution in [0.4, 0.5) is 5.82 Å². The van der Waals surface area contributed by atoms with Crippen molar-refractivity contribution in [2.75, 3.05) is 12.3 Å². The fourth-order valence-corrected chi connectivity index (χ4v) is 1.14. The van der Waals surface area contributed by atoms with Gasteiger partial charge in [0.25, 0.3) is 5.91 Å². The third kappa shape index (κ3) is 2.91. The Kier molecular flexibility index (Phi) is 4.04. The molecular formula is C8H14N4O3. The van der Waals surface area contributed by atoms with E-state index in [4.69, 9.17) is 10.8 Å². The Hall–Kier alpha value is -1.63. The van der Waals surface area contributed by atoms with Crippen molar-refractivity contribution in [1.29, 1.82) is 0 Å². The van der Waals surface area contributed by atoms with Crippen molar-refractivity contribution in [1.82, 2.24) is 15.6 Å². The number of amides is 1. The van der Waals surface area contributed by atoms with E-state index in [-0.39, 0.29) is 24.2 Å². The summed E-state index contributed by atoms with van der Waals surface area (Å²) in [7, 11) is 0. The highest BCUT2D eigenvalue weighted by Crippen LogP contribution is 2.05. The van der Waals surface area contributed by atoms with Crippen molar-refractivity contribution < 1.29 is 14.5 Å². The third-order valence-corrected chi connectivity index (χ3v) is 2.03. The van der Waals surface area contributed by atoms with Crippen molar-refractivity contribution in [2.45, 2.75) is 25.8 Å². The molecule has 1 aromatic heterocycles. The molecule has 0 spiro atoms. The second-order valence-electron chi connectivity index (χ2n) is 3.09.